The van der Waals surface area contributed by atoms with Gasteiger partial charge in [0.15, 0.2) is 5.69 Å². The number of hydrogen-bond donors (Lipinski definition) is 0. The second-order valence-corrected chi connectivity index (χ2v) is 10.7. The first kappa shape index (κ1) is 21.3. The van der Waals surface area contributed by atoms with E-state index in [4.69, 9.17) is 11.0 Å². The summed E-state index contributed by atoms with van der Waals surface area (Å²) in [6, 6.07) is 34.1. The van der Waals surface area contributed by atoms with Crippen molar-refractivity contribution in [3.05, 3.63) is 119 Å². The molecule has 0 amide bonds. The van der Waals surface area contributed by atoms with Gasteiger partial charge >= 0.3 is 0 Å². The summed E-state index contributed by atoms with van der Waals surface area (Å²) in [5.41, 5.74) is 9.37. The smallest absolute Gasteiger partial charge is 0.188 e. The maximum Gasteiger partial charge on any atom is 0.188 e. The summed E-state index contributed by atoms with van der Waals surface area (Å²) in [5, 5.41) is 7.89. The van der Waals surface area contributed by atoms with Gasteiger partial charge in [-0.05, 0) is 106 Å². The Morgan fingerprint density at radius 2 is 1.61 bits per heavy atom. The third-order valence-electron chi connectivity index (χ3n) is 7.57. The summed E-state index contributed by atoms with van der Waals surface area (Å²) in [6.07, 6.45) is 0. The van der Waals surface area contributed by atoms with Crippen LogP contribution in [0.25, 0.3) is 75.5 Å². The average Bonchev–Trinajstić information content (AvgIpc) is 3.65. The first-order valence-electron chi connectivity index (χ1n) is 12.5. The molecule has 3 nitrogen and oxygen atoms in total. The number of hydrogen-bond acceptors (Lipinski definition) is 2. The predicted molar refractivity (Wildman–Crippen MR) is 160 cm³/mol. The molecule has 5 aromatic carbocycles. The topological polar surface area (TPSA) is 22.4 Å². The van der Waals surface area contributed by atoms with Crippen molar-refractivity contribution in [1.29, 1.82) is 0 Å². The monoisotopic (exact) mass is 504 g/mol. The van der Waals surface area contributed by atoms with Crippen molar-refractivity contribution in [2.75, 3.05) is 0 Å². The van der Waals surface area contributed by atoms with E-state index in [2.05, 4.69) is 94.5 Å². The number of aromatic nitrogens is 1. The second-order valence-electron chi connectivity index (χ2n) is 9.79. The Bertz CT molecular complexity index is 2270. The Hall–Kier alpha value is -4.85. The van der Waals surface area contributed by atoms with Gasteiger partial charge in [-0.25, -0.2) is 4.85 Å². The van der Waals surface area contributed by atoms with Crippen molar-refractivity contribution >= 4 is 70.9 Å². The summed E-state index contributed by atoms with van der Waals surface area (Å²) in [5.74, 6) is 0. The molecule has 0 atom stereocenters. The van der Waals surface area contributed by atoms with Crippen LogP contribution in [-0.2, 0) is 0 Å². The number of thiophene rings is 1. The quantitative estimate of drug-likeness (QED) is 0.215. The highest BCUT2D eigenvalue weighted by molar-refractivity contribution is 7.17. The zero-order chi connectivity index (χ0) is 25.4. The summed E-state index contributed by atoms with van der Waals surface area (Å²) in [7, 11) is 0. The number of fused-ring (bicyclic) bond motifs is 7. The zero-order valence-corrected chi connectivity index (χ0v) is 21.3. The number of para-hydroxylation sites is 1. The van der Waals surface area contributed by atoms with Gasteiger partial charge in [0, 0.05) is 26.5 Å². The largest absolute Gasteiger partial charge is 0.456 e. The highest BCUT2D eigenvalue weighted by Crippen LogP contribution is 2.40. The van der Waals surface area contributed by atoms with Crippen LogP contribution in [-0.4, -0.2) is 4.57 Å². The zero-order valence-electron chi connectivity index (χ0n) is 20.5. The fourth-order valence-electron chi connectivity index (χ4n) is 5.84. The molecule has 0 radical (unpaired) electrons. The van der Waals surface area contributed by atoms with Crippen molar-refractivity contribution in [3.63, 3.8) is 0 Å². The van der Waals surface area contributed by atoms with Crippen LogP contribution in [0.1, 0.15) is 5.56 Å². The molecule has 0 fully saturated rings. The molecule has 178 valence electrons. The van der Waals surface area contributed by atoms with Gasteiger partial charge in [-0.2, -0.15) is 0 Å². The highest BCUT2D eigenvalue weighted by atomic mass is 32.1. The molecule has 0 N–H and O–H groups in total. The lowest BCUT2D eigenvalue weighted by molar-refractivity contribution is 0.669. The first-order valence-corrected chi connectivity index (χ1v) is 13.4. The van der Waals surface area contributed by atoms with E-state index in [1.807, 2.05) is 24.3 Å². The summed E-state index contributed by atoms with van der Waals surface area (Å²) >= 11 is 1.76. The van der Waals surface area contributed by atoms with E-state index in [0.29, 0.717) is 5.69 Å². The maximum atomic E-state index is 7.63. The summed E-state index contributed by atoms with van der Waals surface area (Å²) in [4.78, 5) is 3.74. The summed E-state index contributed by atoms with van der Waals surface area (Å²) in [6.45, 7) is 9.81. The molecule has 0 aliphatic carbocycles. The van der Waals surface area contributed by atoms with Crippen molar-refractivity contribution in [2.24, 2.45) is 0 Å². The van der Waals surface area contributed by atoms with Gasteiger partial charge < -0.3 is 8.98 Å². The molecule has 3 heterocycles. The molecule has 0 spiro atoms. The third-order valence-corrected chi connectivity index (χ3v) is 8.47. The van der Waals surface area contributed by atoms with Crippen LogP contribution in [0, 0.1) is 13.5 Å². The molecule has 4 heteroatoms. The van der Waals surface area contributed by atoms with Crippen LogP contribution in [0.4, 0.5) is 5.69 Å². The Morgan fingerprint density at radius 3 is 2.53 bits per heavy atom. The van der Waals surface area contributed by atoms with E-state index in [0.717, 1.165) is 55.0 Å². The number of aryl methyl sites for hydroxylation is 1. The van der Waals surface area contributed by atoms with Gasteiger partial charge in [-0.1, -0.05) is 30.3 Å². The lowest BCUT2D eigenvalue weighted by Gasteiger charge is -2.11. The van der Waals surface area contributed by atoms with Crippen LogP contribution in [0.2, 0.25) is 0 Å². The van der Waals surface area contributed by atoms with Crippen molar-refractivity contribution in [1.82, 2.24) is 4.57 Å². The molecule has 0 aliphatic heterocycles. The normalized spacial score (nSPS) is 11.8. The Morgan fingerprint density at radius 1 is 0.737 bits per heavy atom. The van der Waals surface area contributed by atoms with Crippen LogP contribution in [0.3, 0.4) is 0 Å². The summed E-state index contributed by atoms with van der Waals surface area (Å²) < 4.78 is 9.70. The minimum absolute atomic E-state index is 0.652. The predicted octanol–water partition coefficient (Wildman–Crippen LogP) is 10.4. The van der Waals surface area contributed by atoms with Crippen LogP contribution < -0.4 is 0 Å². The number of benzene rings is 5. The molecule has 0 aliphatic rings. The van der Waals surface area contributed by atoms with E-state index in [1.165, 1.54) is 21.2 Å². The molecule has 8 aromatic rings. The molecular weight excluding hydrogens is 484 g/mol. The van der Waals surface area contributed by atoms with Gasteiger partial charge in [0.05, 0.1) is 17.6 Å². The Kier molecular flexibility index (Phi) is 4.38. The Labute approximate surface area is 222 Å². The van der Waals surface area contributed by atoms with Crippen molar-refractivity contribution < 1.29 is 4.42 Å². The van der Waals surface area contributed by atoms with Crippen molar-refractivity contribution in [3.8, 4) is 16.8 Å². The number of rotatable bonds is 2. The average molecular weight is 505 g/mol. The van der Waals surface area contributed by atoms with E-state index in [1.54, 1.807) is 11.3 Å². The minimum Gasteiger partial charge on any atom is -0.456 e. The highest BCUT2D eigenvalue weighted by Gasteiger charge is 2.17. The molecule has 0 saturated heterocycles. The minimum atomic E-state index is 0.652. The van der Waals surface area contributed by atoms with E-state index in [-0.39, 0.29) is 0 Å². The molecule has 38 heavy (non-hydrogen) atoms. The first-order chi connectivity index (χ1) is 18.7. The van der Waals surface area contributed by atoms with Crippen LogP contribution in [0.5, 0.6) is 0 Å². The molecule has 8 rings (SSSR count). The number of nitrogens with zero attached hydrogens (tertiary/aromatic N) is 2. The molecule has 0 unspecified atom stereocenters. The second kappa shape index (κ2) is 7.82. The van der Waals surface area contributed by atoms with Gasteiger partial charge in [-0.15, -0.1) is 11.3 Å². The van der Waals surface area contributed by atoms with Crippen molar-refractivity contribution in [2.45, 2.75) is 6.92 Å². The SMILES string of the molecule is [C-]#[N+]c1ccc2c(c1)c1cc(-c3ccc4oc5ccccc5c4c3)cc(C)c1n2-c1ccc2sccc2c1. The molecule has 3 aromatic heterocycles. The Balaban J connectivity index is 1.42. The van der Waals surface area contributed by atoms with E-state index in [9.17, 15) is 0 Å². The molecular formula is C34H20N2OS. The van der Waals surface area contributed by atoms with E-state index < -0.39 is 0 Å². The maximum absolute atomic E-state index is 7.63. The lowest BCUT2D eigenvalue weighted by atomic mass is 9.98. The third kappa shape index (κ3) is 3.00. The lowest BCUT2D eigenvalue weighted by Crippen LogP contribution is -1.95. The van der Waals surface area contributed by atoms with E-state index >= 15 is 0 Å². The molecule has 0 bridgehead atoms. The van der Waals surface area contributed by atoms with Crippen LogP contribution in [0.15, 0.2) is 107 Å². The van der Waals surface area contributed by atoms with Gasteiger partial charge in [0.2, 0.25) is 0 Å². The standard InChI is InChI=1S/C34H20N2OS/c1-20-15-23(21-7-11-32-28(17-21)26-5-3-4-6-31(26)37-32)18-29-27-19-24(35-2)8-10-30(27)36(34(20)29)25-9-12-33-22(16-25)13-14-38-33/h3-19H,1H3. The number of furan rings is 1. The van der Waals surface area contributed by atoms with Gasteiger partial charge in [0.1, 0.15) is 11.2 Å². The van der Waals surface area contributed by atoms with Crippen LogP contribution >= 0.6 is 11.3 Å². The van der Waals surface area contributed by atoms with Gasteiger partial charge in [0.25, 0.3) is 0 Å². The fraction of sp³-hybridized carbons (Fsp3) is 0.0294. The molecule has 0 saturated carbocycles. The fourth-order valence-corrected chi connectivity index (χ4v) is 6.61. The van der Waals surface area contributed by atoms with Gasteiger partial charge in [-0.3, -0.25) is 0 Å².